The van der Waals surface area contributed by atoms with E-state index in [0.29, 0.717) is 0 Å². The fraction of sp³-hybridized carbons (Fsp3) is 0.583. The molecule has 0 saturated carbocycles. The number of hydrogen-bond donors (Lipinski definition) is 0. The number of rotatable bonds is 1. The van der Waals surface area contributed by atoms with Gasteiger partial charge in [-0.15, -0.1) is 0 Å². The Labute approximate surface area is 86.0 Å². The summed E-state index contributed by atoms with van der Waals surface area (Å²) in [4.78, 5) is 6.85. The Morgan fingerprint density at radius 1 is 1.14 bits per heavy atom. The molecule has 2 heteroatoms. The molecule has 14 heavy (non-hydrogen) atoms. The van der Waals surface area contributed by atoms with Crippen LogP contribution in [0.15, 0.2) is 18.3 Å². The Morgan fingerprint density at radius 3 is 2.50 bits per heavy atom. The highest BCUT2D eigenvalue weighted by molar-refractivity contribution is 5.40. The van der Waals surface area contributed by atoms with Crippen LogP contribution in [0.4, 0.5) is 5.82 Å². The van der Waals surface area contributed by atoms with Crippen LogP contribution in [0.25, 0.3) is 0 Å². The Balaban J connectivity index is 2.12. The van der Waals surface area contributed by atoms with E-state index in [2.05, 4.69) is 28.9 Å². The lowest BCUT2D eigenvalue weighted by atomic mass is 10.2. The molecule has 2 rings (SSSR count). The van der Waals surface area contributed by atoms with Crippen LogP contribution in [0.1, 0.15) is 31.2 Å². The lowest BCUT2D eigenvalue weighted by Crippen LogP contribution is -2.24. The summed E-state index contributed by atoms with van der Waals surface area (Å²) in [6.07, 6.45) is 7.30. The fourth-order valence-corrected chi connectivity index (χ4v) is 1.99. The molecule has 0 amide bonds. The average Bonchev–Trinajstić information content (AvgIpc) is 2.45. The monoisotopic (exact) mass is 190 g/mol. The smallest absolute Gasteiger partial charge is 0.128 e. The minimum atomic E-state index is 1.16. The third kappa shape index (κ3) is 2.25. The molecule has 0 radical (unpaired) electrons. The highest BCUT2D eigenvalue weighted by Gasteiger charge is 2.10. The molecule has 1 aliphatic heterocycles. The molecule has 1 aliphatic rings. The van der Waals surface area contributed by atoms with E-state index in [1.807, 2.05) is 6.20 Å². The quantitative estimate of drug-likeness (QED) is 0.677. The zero-order valence-electron chi connectivity index (χ0n) is 8.87. The maximum Gasteiger partial charge on any atom is 0.128 e. The molecule has 2 heterocycles. The number of aryl methyl sites for hydroxylation is 1. The maximum atomic E-state index is 4.43. The van der Waals surface area contributed by atoms with Gasteiger partial charge in [-0.1, -0.05) is 12.8 Å². The van der Waals surface area contributed by atoms with Gasteiger partial charge >= 0.3 is 0 Å². The first-order valence-corrected chi connectivity index (χ1v) is 5.54. The summed E-state index contributed by atoms with van der Waals surface area (Å²) in [7, 11) is 0. The number of hydrogen-bond acceptors (Lipinski definition) is 2. The van der Waals surface area contributed by atoms with Crippen molar-refractivity contribution in [3.63, 3.8) is 0 Å². The fourth-order valence-electron chi connectivity index (χ4n) is 1.99. The van der Waals surface area contributed by atoms with Gasteiger partial charge in [-0.05, 0) is 37.5 Å². The van der Waals surface area contributed by atoms with Crippen LogP contribution in [0, 0.1) is 6.92 Å². The standard InChI is InChI=1S/C12H18N2/c1-11-6-7-13-12(10-11)14-8-4-2-3-5-9-14/h6-7,10H,2-5,8-9H2,1H3. The van der Waals surface area contributed by atoms with Crippen LogP contribution in [0.5, 0.6) is 0 Å². The average molecular weight is 190 g/mol. The second-order valence-electron chi connectivity index (χ2n) is 4.09. The molecular formula is C12H18N2. The number of nitrogens with zero attached hydrogens (tertiary/aromatic N) is 2. The van der Waals surface area contributed by atoms with Crippen molar-refractivity contribution in [2.75, 3.05) is 18.0 Å². The van der Waals surface area contributed by atoms with Gasteiger partial charge in [-0.2, -0.15) is 0 Å². The molecule has 1 aromatic heterocycles. The van der Waals surface area contributed by atoms with Crippen molar-refractivity contribution < 1.29 is 0 Å². The van der Waals surface area contributed by atoms with Crippen LogP contribution in [-0.4, -0.2) is 18.1 Å². The van der Waals surface area contributed by atoms with E-state index in [0.717, 1.165) is 5.82 Å². The molecule has 0 spiro atoms. The van der Waals surface area contributed by atoms with E-state index < -0.39 is 0 Å². The normalized spacial score (nSPS) is 17.9. The zero-order valence-corrected chi connectivity index (χ0v) is 8.87. The first kappa shape index (κ1) is 9.50. The molecule has 1 saturated heterocycles. The van der Waals surface area contributed by atoms with E-state index in [-0.39, 0.29) is 0 Å². The predicted molar refractivity (Wildman–Crippen MR) is 59.7 cm³/mol. The van der Waals surface area contributed by atoms with Gasteiger partial charge < -0.3 is 4.90 Å². The predicted octanol–water partition coefficient (Wildman–Crippen LogP) is 2.77. The molecular weight excluding hydrogens is 172 g/mol. The second kappa shape index (κ2) is 4.45. The first-order chi connectivity index (χ1) is 6.86. The van der Waals surface area contributed by atoms with Crippen molar-refractivity contribution in [2.24, 2.45) is 0 Å². The van der Waals surface area contributed by atoms with Crippen molar-refractivity contribution in [1.29, 1.82) is 0 Å². The van der Waals surface area contributed by atoms with Crippen molar-refractivity contribution in [3.8, 4) is 0 Å². The van der Waals surface area contributed by atoms with E-state index >= 15 is 0 Å². The largest absolute Gasteiger partial charge is 0.357 e. The number of aromatic nitrogens is 1. The summed E-state index contributed by atoms with van der Waals surface area (Å²) in [5.41, 5.74) is 1.30. The molecule has 2 nitrogen and oxygen atoms in total. The van der Waals surface area contributed by atoms with Crippen LogP contribution in [-0.2, 0) is 0 Å². The highest BCUT2D eigenvalue weighted by atomic mass is 15.2. The first-order valence-electron chi connectivity index (χ1n) is 5.54. The summed E-state index contributed by atoms with van der Waals surface area (Å²) < 4.78 is 0. The summed E-state index contributed by atoms with van der Waals surface area (Å²) in [6.45, 7) is 4.48. The van der Waals surface area contributed by atoms with Crippen LogP contribution >= 0.6 is 0 Å². The van der Waals surface area contributed by atoms with Crippen molar-refractivity contribution >= 4 is 5.82 Å². The highest BCUT2D eigenvalue weighted by Crippen LogP contribution is 2.17. The van der Waals surface area contributed by atoms with E-state index in [1.165, 1.54) is 44.3 Å². The van der Waals surface area contributed by atoms with Crippen LogP contribution < -0.4 is 4.90 Å². The molecule has 0 atom stereocenters. The summed E-state index contributed by atoms with van der Waals surface area (Å²) in [6, 6.07) is 4.24. The van der Waals surface area contributed by atoms with Gasteiger partial charge in [0.2, 0.25) is 0 Å². The van der Waals surface area contributed by atoms with Gasteiger partial charge in [0.15, 0.2) is 0 Å². The molecule has 0 N–H and O–H groups in total. The van der Waals surface area contributed by atoms with Crippen molar-refractivity contribution in [3.05, 3.63) is 23.9 Å². The van der Waals surface area contributed by atoms with Gasteiger partial charge in [0, 0.05) is 19.3 Å². The summed E-state index contributed by atoms with van der Waals surface area (Å²) in [5, 5.41) is 0. The molecule has 0 bridgehead atoms. The number of anilines is 1. The molecule has 1 aromatic rings. The van der Waals surface area contributed by atoms with Gasteiger partial charge in [0.25, 0.3) is 0 Å². The number of pyridine rings is 1. The lowest BCUT2D eigenvalue weighted by molar-refractivity contribution is 0.726. The Kier molecular flexibility index (Phi) is 3.02. The SMILES string of the molecule is Cc1ccnc(N2CCCCCC2)c1. The molecule has 0 unspecified atom stereocenters. The Bertz CT molecular complexity index is 288. The summed E-state index contributed by atoms with van der Waals surface area (Å²) in [5.74, 6) is 1.16. The molecule has 76 valence electrons. The minimum Gasteiger partial charge on any atom is -0.357 e. The maximum absolute atomic E-state index is 4.43. The van der Waals surface area contributed by atoms with E-state index in [4.69, 9.17) is 0 Å². The summed E-state index contributed by atoms with van der Waals surface area (Å²) >= 11 is 0. The third-order valence-electron chi connectivity index (χ3n) is 2.83. The van der Waals surface area contributed by atoms with Crippen LogP contribution in [0.3, 0.4) is 0 Å². The van der Waals surface area contributed by atoms with Gasteiger partial charge in [-0.25, -0.2) is 4.98 Å². The van der Waals surface area contributed by atoms with Crippen molar-refractivity contribution in [2.45, 2.75) is 32.6 Å². The van der Waals surface area contributed by atoms with Crippen molar-refractivity contribution in [1.82, 2.24) is 4.98 Å². The minimum absolute atomic E-state index is 1.16. The Hall–Kier alpha value is -1.05. The Morgan fingerprint density at radius 2 is 1.86 bits per heavy atom. The van der Waals surface area contributed by atoms with E-state index in [1.54, 1.807) is 0 Å². The molecule has 0 aromatic carbocycles. The molecule has 0 aliphatic carbocycles. The molecule has 1 fully saturated rings. The van der Waals surface area contributed by atoms with E-state index in [9.17, 15) is 0 Å². The third-order valence-corrected chi connectivity index (χ3v) is 2.83. The second-order valence-corrected chi connectivity index (χ2v) is 4.09. The van der Waals surface area contributed by atoms with Gasteiger partial charge in [-0.3, -0.25) is 0 Å². The van der Waals surface area contributed by atoms with Gasteiger partial charge in [0.05, 0.1) is 0 Å². The lowest BCUT2D eigenvalue weighted by Gasteiger charge is -2.21. The zero-order chi connectivity index (χ0) is 9.80. The van der Waals surface area contributed by atoms with Crippen LogP contribution in [0.2, 0.25) is 0 Å². The topological polar surface area (TPSA) is 16.1 Å². The van der Waals surface area contributed by atoms with Gasteiger partial charge in [0.1, 0.15) is 5.82 Å².